The zero-order valence-electron chi connectivity index (χ0n) is 10.1. The van der Waals surface area contributed by atoms with E-state index in [1.165, 1.54) is 11.1 Å². The Labute approximate surface area is 105 Å². The molecular weight excluding hydrogens is 232 g/mol. The minimum absolute atomic E-state index is 0.400. The number of hydrogen-bond acceptors (Lipinski definition) is 2. The fraction of sp³-hybridized carbons (Fsp3) is 0.462. The molecule has 1 aliphatic carbocycles. The molecule has 1 aromatic carbocycles. The van der Waals surface area contributed by atoms with E-state index in [1.807, 2.05) is 0 Å². The Balaban J connectivity index is 2.07. The number of H-pyrrole nitrogens is 1. The van der Waals surface area contributed by atoms with Gasteiger partial charge in [-0.2, -0.15) is 0 Å². The molecule has 1 fully saturated rings. The number of aromatic nitrogens is 2. The first kappa shape index (κ1) is 11.0. The van der Waals surface area contributed by atoms with Crippen LogP contribution in [0.3, 0.4) is 0 Å². The normalized spacial score (nSPS) is 23.9. The molecule has 0 amide bonds. The van der Waals surface area contributed by atoms with Gasteiger partial charge in [-0.05, 0) is 49.7 Å². The Hall–Kier alpha value is -1.13. The van der Waals surface area contributed by atoms with Crippen LogP contribution in [0.25, 0.3) is 11.0 Å². The van der Waals surface area contributed by atoms with Gasteiger partial charge in [0.1, 0.15) is 0 Å². The summed E-state index contributed by atoms with van der Waals surface area (Å²) in [7, 11) is 1.78. The Morgan fingerprint density at radius 1 is 1.41 bits per heavy atom. The zero-order chi connectivity index (χ0) is 12.0. The lowest BCUT2D eigenvalue weighted by Crippen LogP contribution is -2.32. The van der Waals surface area contributed by atoms with E-state index in [0.29, 0.717) is 12.1 Å². The van der Waals surface area contributed by atoms with Crippen molar-refractivity contribution in [1.82, 2.24) is 9.55 Å². The molecule has 1 aromatic heterocycles. The largest absolute Gasteiger partial charge is 0.381 e. The van der Waals surface area contributed by atoms with Crippen LogP contribution in [0.5, 0.6) is 0 Å². The molecule has 3 nitrogen and oxygen atoms in total. The molecule has 4 heteroatoms. The minimum Gasteiger partial charge on any atom is -0.381 e. The number of aromatic amines is 1. The van der Waals surface area contributed by atoms with Gasteiger partial charge in [-0.25, -0.2) is 0 Å². The van der Waals surface area contributed by atoms with E-state index in [-0.39, 0.29) is 0 Å². The highest BCUT2D eigenvalue weighted by molar-refractivity contribution is 7.71. The van der Waals surface area contributed by atoms with Crippen molar-refractivity contribution in [3.8, 4) is 0 Å². The van der Waals surface area contributed by atoms with Crippen molar-refractivity contribution in [3.05, 3.63) is 28.5 Å². The maximum Gasteiger partial charge on any atom is 0.178 e. The van der Waals surface area contributed by atoms with Gasteiger partial charge in [0, 0.05) is 13.2 Å². The van der Waals surface area contributed by atoms with Crippen molar-refractivity contribution in [2.45, 2.75) is 31.9 Å². The van der Waals surface area contributed by atoms with Crippen molar-refractivity contribution in [2.75, 3.05) is 7.11 Å². The SMILES string of the molecule is COC1CC(n2c(=S)[nH]c3ccc(C)cc32)C1. The molecule has 1 heterocycles. The molecule has 0 radical (unpaired) electrons. The second-order valence-electron chi connectivity index (χ2n) is 4.80. The van der Waals surface area contributed by atoms with Crippen LogP contribution in [-0.2, 0) is 4.74 Å². The fourth-order valence-corrected chi connectivity index (χ4v) is 2.89. The molecule has 17 heavy (non-hydrogen) atoms. The van der Waals surface area contributed by atoms with Gasteiger partial charge in [0.25, 0.3) is 0 Å². The molecule has 1 saturated carbocycles. The van der Waals surface area contributed by atoms with E-state index in [1.54, 1.807) is 7.11 Å². The molecule has 2 aromatic rings. The molecule has 0 saturated heterocycles. The monoisotopic (exact) mass is 248 g/mol. The summed E-state index contributed by atoms with van der Waals surface area (Å²) in [4.78, 5) is 3.27. The molecule has 0 bridgehead atoms. The van der Waals surface area contributed by atoms with Crippen molar-refractivity contribution in [3.63, 3.8) is 0 Å². The average Bonchev–Trinajstić information content (AvgIpc) is 2.54. The third-order valence-corrected chi connectivity index (χ3v) is 3.94. The Morgan fingerprint density at radius 2 is 2.18 bits per heavy atom. The topological polar surface area (TPSA) is 29.9 Å². The highest BCUT2D eigenvalue weighted by Gasteiger charge is 2.31. The zero-order valence-corrected chi connectivity index (χ0v) is 10.9. The highest BCUT2D eigenvalue weighted by Crippen LogP contribution is 2.36. The number of hydrogen-bond donors (Lipinski definition) is 1. The molecule has 0 spiro atoms. The van der Waals surface area contributed by atoms with Crippen molar-refractivity contribution >= 4 is 23.3 Å². The van der Waals surface area contributed by atoms with E-state index in [9.17, 15) is 0 Å². The lowest BCUT2D eigenvalue weighted by Gasteiger charge is -2.35. The first-order chi connectivity index (χ1) is 8.19. The van der Waals surface area contributed by atoms with Crippen LogP contribution in [0.4, 0.5) is 0 Å². The number of rotatable bonds is 2. The second-order valence-corrected chi connectivity index (χ2v) is 5.19. The summed E-state index contributed by atoms with van der Waals surface area (Å²) in [6.45, 7) is 2.11. The van der Waals surface area contributed by atoms with E-state index in [4.69, 9.17) is 17.0 Å². The molecule has 1 N–H and O–H groups in total. The molecule has 1 aliphatic rings. The molecule has 90 valence electrons. The number of ether oxygens (including phenoxy) is 1. The summed E-state index contributed by atoms with van der Waals surface area (Å²) in [6.07, 6.45) is 2.52. The van der Waals surface area contributed by atoms with Crippen LogP contribution in [0.1, 0.15) is 24.4 Å². The van der Waals surface area contributed by atoms with Gasteiger partial charge >= 0.3 is 0 Å². The maximum atomic E-state index is 5.41. The molecule has 3 rings (SSSR count). The third-order valence-electron chi connectivity index (χ3n) is 3.64. The van der Waals surface area contributed by atoms with Gasteiger partial charge in [0.15, 0.2) is 4.77 Å². The lowest BCUT2D eigenvalue weighted by molar-refractivity contribution is 0.00698. The second kappa shape index (κ2) is 3.96. The van der Waals surface area contributed by atoms with E-state index >= 15 is 0 Å². The van der Waals surface area contributed by atoms with E-state index in [0.717, 1.165) is 23.1 Å². The Morgan fingerprint density at radius 3 is 2.88 bits per heavy atom. The summed E-state index contributed by atoms with van der Waals surface area (Å²) in [5.41, 5.74) is 3.61. The minimum atomic E-state index is 0.400. The number of fused-ring (bicyclic) bond motifs is 1. The molecule has 0 aliphatic heterocycles. The Kier molecular flexibility index (Phi) is 2.56. The van der Waals surface area contributed by atoms with Gasteiger partial charge in [-0.15, -0.1) is 0 Å². The molecular formula is C13H16N2OS. The van der Waals surface area contributed by atoms with Crippen LogP contribution < -0.4 is 0 Å². The van der Waals surface area contributed by atoms with Crippen molar-refractivity contribution in [2.24, 2.45) is 0 Å². The summed E-state index contributed by atoms with van der Waals surface area (Å²) >= 11 is 5.41. The molecule has 0 unspecified atom stereocenters. The van der Waals surface area contributed by atoms with Crippen molar-refractivity contribution < 1.29 is 4.74 Å². The number of benzene rings is 1. The summed E-state index contributed by atoms with van der Waals surface area (Å²) < 4.78 is 8.40. The average molecular weight is 248 g/mol. The summed E-state index contributed by atoms with van der Waals surface area (Å²) in [6, 6.07) is 6.89. The predicted molar refractivity (Wildman–Crippen MR) is 70.9 cm³/mol. The standard InChI is InChI=1S/C13H16N2OS/c1-8-3-4-11-12(5-8)15(13(17)14-11)9-6-10(7-9)16-2/h3-5,9-10H,6-7H2,1-2H3,(H,14,17). The Bertz CT molecular complexity index is 607. The lowest BCUT2D eigenvalue weighted by atomic mass is 9.89. The van der Waals surface area contributed by atoms with E-state index in [2.05, 4.69) is 34.7 Å². The van der Waals surface area contributed by atoms with Crippen LogP contribution in [-0.4, -0.2) is 22.8 Å². The van der Waals surface area contributed by atoms with Crippen LogP contribution >= 0.6 is 12.2 Å². The number of nitrogens with zero attached hydrogens (tertiary/aromatic N) is 1. The van der Waals surface area contributed by atoms with Crippen LogP contribution in [0.2, 0.25) is 0 Å². The van der Waals surface area contributed by atoms with Gasteiger partial charge in [0.05, 0.1) is 17.1 Å². The predicted octanol–water partition coefficient (Wildman–Crippen LogP) is 3.36. The smallest absolute Gasteiger partial charge is 0.178 e. The van der Waals surface area contributed by atoms with Gasteiger partial charge in [0.2, 0.25) is 0 Å². The summed E-state index contributed by atoms with van der Waals surface area (Å²) in [5.74, 6) is 0. The summed E-state index contributed by atoms with van der Waals surface area (Å²) in [5, 5.41) is 0. The first-order valence-corrected chi connectivity index (χ1v) is 6.33. The number of nitrogens with one attached hydrogen (secondary N) is 1. The van der Waals surface area contributed by atoms with Gasteiger partial charge in [-0.1, -0.05) is 6.07 Å². The number of methoxy groups -OCH3 is 1. The number of aryl methyl sites for hydroxylation is 1. The fourth-order valence-electron chi connectivity index (χ4n) is 2.54. The van der Waals surface area contributed by atoms with E-state index < -0.39 is 0 Å². The molecule has 0 atom stereocenters. The number of imidazole rings is 1. The van der Waals surface area contributed by atoms with Crippen LogP contribution in [0, 0.1) is 11.7 Å². The van der Waals surface area contributed by atoms with Gasteiger partial charge < -0.3 is 14.3 Å². The highest BCUT2D eigenvalue weighted by atomic mass is 32.1. The maximum absolute atomic E-state index is 5.41. The quantitative estimate of drug-likeness (QED) is 0.826. The van der Waals surface area contributed by atoms with Gasteiger partial charge in [-0.3, -0.25) is 0 Å². The third kappa shape index (κ3) is 1.72. The van der Waals surface area contributed by atoms with Crippen molar-refractivity contribution in [1.29, 1.82) is 0 Å². The van der Waals surface area contributed by atoms with Crippen LogP contribution in [0.15, 0.2) is 18.2 Å². The first-order valence-electron chi connectivity index (χ1n) is 5.92.